The van der Waals surface area contributed by atoms with Gasteiger partial charge in [-0.05, 0) is 42.8 Å². The van der Waals surface area contributed by atoms with Crippen LogP contribution in [-0.4, -0.2) is 12.1 Å². The number of amides is 1. The molecule has 0 aliphatic carbocycles. The number of carbonyl (C=O) groups is 1. The summed E-state index contributed by atoms with van der Waals surface area (Å²) in [7, 11) is 0. The molecule has 0 aromatic heterocycles. The highest BCUT2D eigenvalue weighted by Gasteiger charge is 2.30. The third kappa shape index (κ3) is 4.15. The van der Waals surface area contributed by atoms with Crippen molar-refractivity contribution in [3.63, 3.8) is 0 Å². The number of hydrogen-bond acceptors (Lipinski definition) is 2. The van der Waals surface area contributed by atoms with E-state index in [2.05, 4.69) is 10.5 Å². The predicted octanol–water partition coefficient (Wildman–Crippen LogP) is 3.92. The molecule has 0 fully saturated rings. The molecule has 0 unspecified atom stereocenters. The molecule has 23 heavy (non-hydrogen) atoms. The van der Waals surface area contributed by atoms with Gasteiger partial charge in [0.1, 0.15) is 5.82 Å². The standard InChI is InChI=1S/C16H12F4N2O/c1-10-12(3-2-4-14(10)17)9-21-22-15(23)11-5-7-13(8-6-11)16(18,19)20/h2-9H,1H3,(H,22,23)/b21-9+. The van der Waals surface area contributed by atoms with Crippen molar-refractivity contribution in [2.45, 2.75) is 13.1 Å². The summed E-state index contributed by atoms with van der Waals surface area (Å²) >= 11 is 0. The molecule has 0 bridgehead atoms. The van der Waals surface area contributed by atoms with Crippen molar-refractivity contribution < 1.29 is 22.4 Å². The Morgan fingerprint density at radius 2 is 1.78 bits per heavy atom. The molecule has 0 saturated heterocycles. The summed E-state index contributed by atoms with van der Waals surface area (Å²) in [5, 5.41) is 3.68. The summed E-state index contributed by atoms with van der Waals surface area (Å²) in [4.78, 5) is 11.8. The summed E-state index contributed by atoms with van der Waals surface area (Å²) < 4.78 is 50.6. The average Bonchev–Trinajstić information content (AvgIpc) is 2.50. The molecule has 0 spiro atoms. The average molecular weight is 324 g/mol. The van der Waals surface area contributed by atoms with Crippen LogP contribution in [-0.2, 0) is 6.18 Å². The van der Waals surface area contributed by atoms with Crippen LogP contribution >= 0.6 is 0 Å². The minimum Gasteiger partial charge on any atom is -0.267 e. The Morgan fingerprint density at radius 1 is 1.13 bits per heavy atom. The minimum atomic E-state index is -4.46. The highest BCUT2D eigenvalue weighted by molar-refractivity contribution is 5.95. The van der Waals surface area contributed by atoms with E-state index < -0.39 is 23.5 Å². The Hall–Kier alpha value is -2.70. The van der Waals surface area contributed by atoms with Crippen molar-refractivity contribution in [2.75, 3.05) is 0 Å². The fourth-order valence-electron chi connectivity index (χ4n) is 1.80. The van der Waals surface area contributed by atoms with E-state index in [0.717, 1.165) is 24.3 Å². The van der Waals surface area contributed by atoms with Gasteiger partial charge < -0.3 is 0 Å². The molecule has 0 radical (unpaired) electrons. The fourth-order valence-corrected chi connectivity index (χ4v) is 1.80. The summed E-state index contributed by atoms with van der Waals surface area (Å²) in [6.45, 7) is 1.56. The number of nitrogens with zero attached hydrogens (tertiary/aromatic N) is 1. The van der Waals surface area contributed by atoms with Gasteiger partial charge in [-0.2, -0.15) is 18.3 Å². The van der Waals surface area contributed by atoms with Crippen molar-refractivity contribution in [3.05, 3.63) is 70.5 Å². The molecule has 0 aliphatic heterocycles. The third-order valence-electron chi connectivity index (χ3n) is 3.15. The number of nitrogens with one attached hydrogen (secondary N) is 1. The van der Waals surface area contributed by atoms with Crippen LogP contribution in [0.4, 0.5) is 17.6 Å². The number of benzene rings is 2. The largest absolute Gasteiger partial charge is 0.416 e. The third-order valence-corrected chi connectivity index (χ3v) is 3.15. The molecular weight excluding hydrogens is 312 g/mol. The van der Waals surface area contributed by atoms with Crippen LogP contribution < -0.4 is 5.43 Å². The van der Waals surface area contributed by atoms with Gasteiger partial charge in [0.2, 0.25) is 0 Å². The number of hydrazone groups is 1. The number of hydrogen-bond donors (Lipinski definition) is 1. The van der Waals surface area contributed by atoms with E-state index in [1.54, 1.807) is 13.0 Å². The minimum absolute atomic E-state index is 0.0334. The fraction of sp³-hybridized carbons (Fsp3) is 0.125. The molecule has 0 aliphatic rings. The lowest BCUT2D eigenvalue weighted by Gasteiger charge is -2.07. The van der Waals surface area contributed by atoms with Crippen molar-refractivity contribution >= 4 is 12.1 Å². The SMILES string of the molecule is Cc1c(F)cccc1/C=N/NC(=O)c1ccc(C(F)(F)F)cc1. The van der Waals surface area contributed by atoms with Gasteiger partial charge in [-0.3, -0.25) is 4.79 Å². The summed E-state index contributed by atoms with van der Waals surface area (Å²) in [5.41, 5.74) is 2.23. The van der Waals surface area contributed by atoms with Gasteiger partial charge in [0.15, 0.2) is 0 Å². The van der Waals surface area contributed by atoms with Gasteiger partial charge >= 0.3 is 6.18 Å². The molecule has 2 aromatic rings. The second kappa shape index (κ2) is 6.60. The number of halogens is 4. The summed E-state index contributed by atoms with van der Waals surface area (Å²) in [5.74, 6) is -1.06. The Bertz CT molecular complexity index is 737. The lowest BCUT2D eigenvalue weighted by atomic mass is 10.1. The zero-order chi connectivity index (χ0) is 17.0. The van der Waals surface area contributed by atoms with Crippen molar-refractivity contribution in [1.29, 1.82) is 0 Å². The first-order chi connectivity index (χ1) is 10.8. The van der Waals surface area contributed by atoms with E-state index in [4.69, 9.17) is 0 Å². The Kier molecular flexibility index (Phi) is 4.78. The maximum Gasteiger partial charge on any atom is 0.416 e. The molecule has 0 heterocycles. The Morgan fingerprint density at radius 3 is 2.39 bits per heavy atom. The molecular formula is C16H12F4N2O. The molecule has 3 nitrogen and oxygen atoms in total. The van der Waals surface area contributed by atoms with Crippen LogP contribution in [0.1, 0.15) is 27.0 Å². The smallest absolute Gasteiger partial charge is 0.267 e. The molecule has 1 N–H and O–H groups in total. The van der Waals surface area contributed by atoms with Crippen LogP contribution in [0.5, 0.6) is 0 Å². The lowest BCUT2D eigenvalue weighted by molar-refractivity contribution is -0.137. The maximum atomic E-state index is 13.3. The topological polar surface area (TPSA) is 41.5 Å². The molecule has 120 valence electrons. The molecule has 7 heteroatoms. The van der Waals surface area contributed by atoms with Crippen molar-refractivity contribution in [2.24, 2.45) is 5.10 Å². The highest BCUT2D eigenvalue weighted by atomic mass is 19.4. The van der Waals surface area contributed by atoms with Gasteiger partial charge in [0, 0.05) is 11.1 Å². The molecule has 2 aromatic carbocycles. The zero-order valence-electron chi connectivity index (χ0n) is 12.0. The van der Waals surface area contributed by atoms with Crippen molar-refractivity contribution in [3.8, 4) is 0 Å². The summed E-state index contributed by atoms with van der Waals surface area (Å²) in [6, 6.07) is 8.16. The van der Waals surface area contributed by atoms with Crippen LogP contribution in [0, 0.1) is 12.7 Å². The molecule has 1 amide bonds. The van der Waals surface area contributed by atoms with Crippen LogP contribution in [0.3, 0.4) is 0 Å². The predicted molar refractivity (Wildman–Crippen MR) is 77.6 cm³/mol. The second-order valence-corrected chi connectivity index (χ2v) is 4.73. The van der Waals surface area contributed by atoms with E-state index >= 15 is 0 Å². The normalized spacial score (nSPS) is 11.7. The van der Waals surface area contributed by atoms with E-state index in [9.17, 15) is 22.4 Å². The van der Waals surface area contributed by atoms with E-state index in [-0.39, 0.29) is 5.56 Å². The summed E-state index contributed by atoms with van der Waals surface area (Å²) in [6.07, 6.45) is -3.19. The van der Waals surface area contributed by atoms with Gasteiger partial charge in [-0.15, -0.1) is 0 Å². The first-order valence-corrected chi connectivity index (χ1v) is 6.55. The zero-order valence-corrected chi connectivity index (χ0v) is 12.0. The Labute approximate surface area is 129 Å². The number of rotatable bonds is 3. The number of carbonyl (C=O) groups excluding carboxylic acids is 1. The maximum absolute atomic E-state index is 13.3. The molecule has 0 atom stereocenters. The van der Waals surface area contributed by atoms with Gasteiger partial charge in [0.25, 0.3) is 5.91 Å². The second-order valence-electron chi connectivity index (χ2n) is 4.73. The molecule has 0 saturated carbocycles. The van der Waals surface area contributed by atoms with E-state index in [1.165, 1.54) is 18.3 Å². The quantitative estimate of drug-likeness (QED) is 0.519. The first kappa shape index (κ1) is 16.7. The lowest BCUT2D eigenvalue weighted by Crippen LogP contribution is -2.18. The van der Waals surface area contributed by atoms with E-state index in [1.807, 2.05) is 0 Å². The first-order valence-electron chi connectivity index (χ1n) is 6.55. The highest BCUT2D eigenvalue weighted by Crippen LogP contribution is 2.29. The van der Waals surface area contributed by atoms with Crippen molar-refractivity contribution in [1.82, 2.24) is 5.43 Å². The van der Waals surface area contributed by atoms with Crippen LogP contribution in [0.2, 0.25) is 0 Å². The number of alkyl halides is 3. The van der Waals surface area contributed by atoms with Gasteiger partial charge in [-0.25, -0.2) is 9.82 Å². The molecule has 2 rings (SSSR count). The Balaban J connectivity index is 2.05. The van der Waals surface area contributed by atoms with Gasteiger partial charge in [0.05, 0.1) is 11.8 Å². The van der Waals surface area contributed by atoms with Crippen LogP contribution in [0.25, 0.3) is 0 Å². The monoisotopic (exact) mass is 324 g/mol. The van der Waals surface area contributed by atoms with E-state index in [0.29, 0.717) is 11.1 Å². The van der Waals surface area contributed by atoms with Crippen LogP contribution in [0.15, 0.2) is 47.6 Å². The van der Waals surface area contributed by atoms with Gasteiger partial charge in [-0.1, -0.05) is 12.1 Å².